The van der Waals surface area contributed by atoms with E-state index in [2.05, 4.69) is 111 Å². The Balaban J connectivity index is 1.90. The summed E-state index contributed by atoms with van der Waals surface area (Å²) in [4.78, 5) is 6.59. The van der Waals surface area contributed by atoms with Crippen LogP contribution in [0, 0.1) is 0 Å². The summed E-state index contributed by atoms with van der Waals surface area (Å²) in [5, 5.41) is 0. The Bertz CT molecular complexity index is 742. The summed E-state index contributed by atoms with van der Waals surface area (Å²) in [7, 11) is -0.0598. The number of rotatable bonds is 7. The molecule has 2 heteroatoms. The summed E-state index contributed by atoms with van der Waals surface area (Å²) in [5.74, 6) is 0. The van der Waals surface area contributed by atoms with Crippen LogP contribution in [0.5, 0.6) is 0 Å². The van der Waals surface area contributed by atoms with Gasteiger partial charge in [0.25, 0.3) is 0 Å². The third kappa shape index (κ3) is 4.57. The highest BCUT2D eigenvalue weighted by Crippen LogP contribution is 2.31. The highest BCUT2D eigenvalue weighted by molar-refractivity contribution is 7.97. The van der Waals surface area contributed by atoms with Crippen LogP contribution < -0.4 is 0 Å². The van der Waals surface area contributed by atoms with Gasteiger partial charge in [0.05, 0.1) is 10.9 Å². The van der Waals surface area contributed by atoms with Crippen LogP contribution in [-0.2, 0) is 17.4 Å². The van der Waals surface area contributed by atoms with Crippen molar-refractivity contribution in [3.63, 3.8) is 0 Å². The fourth-order valence-electron chi connectivity index (χ4n) is 3.15. The van der Waals surface area contributed by atoms with Gasteiger partial charge >= 0.3 is 0 Å². The fourth-order valence-corrected chi connectivity index (χ4v) is 5.23. The summed E-state index contributed by atoms with van der Waals surface area (Å²) >= 11 is 0. The largest absolute Gasteiger partial charge is 0.297 e. The third-order valence-corrected chi connectivity index (χ3v) is 6.87. The fraction of sp³-hybridized carbons (Fsp3) is 0.250. The van der Waals surface area contributed by atoms with Crippen molar-refractivity contribution in [2.75, 3.05) is 6.54 Å². The first kappa shape index (κ1) is 18.8. The quantitative estimate of drug-likeness (QED) is 0.465. The van der Waals surface area contributed by atoms with Gasteiger partial charge in [-0.15, -0.1) is 0 Å². The maximum atomic E-state index is 2.49. The number of hydrogen-bond donors (Lipinski definition) is 0. The normalized spacial score (nSPS) is 11.5. The molecule has 1 nitrogen and oxygen atoms in total. The SMILES string of the molecule is CCN(Cc1ccc([S+](c2ccccc2)c2ccccc2)cc1)C(C)C. The van der Waals surface area contributed by atoms with Gasteiger partial charge in [0.1, 0.15) is 0 Å². The minimum Gasteiger partial charge on any atom is -0.297 e. The molecule has 0 aliphatic rings. The Morgan fingerprint density at radius 1 is 0.692 bits per heavy atom. The average molecular weight is 363 g/mol. The van der Waals surface area contributed by atoms with E-state index < -0.39 is 0 Å². The monoisotopic (exact) mass is 362 g/mol. The average Bonchev–Trinajstić information content (AvgIpc) is 2.69. The van der Waals surface area contributed by atoms with Gasteiger partial charge < -0.3 is 0 Å². The molecule has 0 saturated heterocycles. The van der Waals surface area contributed by atoms with Crippen LogP contribution in [0.15, 0.2) is 99.6 Å². The van der Waals surface area contributed by atoms with Gasteiger partial charge in [-0.25, -0.2) is 0 Å². The van der Waals surface area contributed by atoms with Gasteiger partial charge in [-0.3, -0.25) is 4.90 Å². The molecule has 134 valence electrons. The summed E-state index contributed by atoms with van der Waals surface area (Å²) in [6.45, 7) is 8.85. The first-order valence-corrected chi connectivity index (χ1v) is 10.6. The van der Waals surface area contributed by atoms with Crippen molar-refractivity contribution in [3.05, 3.63) is 90.5 Å². The maximum absolute atomic E-state index is 2.49. The molecular formula is C24H28NS+. The van der Waals surface area contributed by atoms with Crippen LogP contribution in [0.25, 0.3) is 0 Å². The molecule has 0 unspecified atom stereocenters. The Morgan fingerprint density at radius 2 is 1.15 bits per heavy atom. The van der Waals surface area contributed by atoms with Gasteiger partial charge in [0.15, 0.2) is 14.7 Å². The van der Waals surface area contributed by atoms with Crippen LogP contribution in [0.1, 0.15) is 26.3 Å². The molecule has 0 aliphatic heterocycles. The van der Waals surface area contributed by atoms with Gasteiger partial charge in [-0.1, -0.05) is 55.5 Å². The molecule has 0 aromatic heterocycles. The van der Waals surface area contributed by atoms with E-state index in [1.807, 2.05) is 0 Å². The smallest absolute Gasteiger partial charge is 0.166 e. The lowest BCUT2D eigenvalue weighted by molar-refractivity contribution is 0.225. The Kier molecular flexibility index (Phi) is 6.54. The second kappa shape index (κ2) is 9.07. The zero-order valence-electron chi connectivity index (χ0n) is 15.9. The van der Waals surface area contributed by atoms with Gasteiger partial charge in [0, 0.05) is 12.6 Å². The van der Waals surface area contributed by atoms with Crippen molar-refractivity contribution in [1.82, 2.24) is 4.90 Å². The van der Waals surface area contributed by atoms with E-state index in [4.69, 9.17) is 0 Å². The lowest BCUT2D eigenvalue weighted by Gasteiger charge is -2.24. The Hall–Kier alpha value is -2.03. The lowest BCUT2D eigenvalue weighted by Crippen LogP contribution is -2.29. The number of nitrogens with zero attached hydrogens (tertiary/aromatic N) is 1. The molecule has 0 N–H and O–H groups in total. The van der Waals surface area contributed by atoms with Gasteiger partial charge in [0.2, 0.25) is 0 Å². The zero-order valence-corrected chi connectivity index (χ0v) is 16.7. The standard InChI is InChI=1S/C24H28NS/c1-4-25(20(2)3)19-21-15-17-24(18-16-21)26(22-11-7-5-8-12-22)23-13-9-6-10-14-23/h5-18,20H,4,19H2,1-3H3/q+1. The minimum absolute atomic E-state index is 0.0598. The molecule has 3 aromatic rings. The van der Waals surface area contributed by atoms with Crippen molar-refractivity contribution >= 4 is 10.9 Å². The van der Waals surface area contributed by atoms with E-state index in [-0.39, 0.29) is 10.9 Å². The molecule has 0 saturated carbocycles. The van der Waals surface area contributed by atoms with E-state index in [9.17, 15) is 0 Å². The second-order valence-corrected chi connectivity index (χ2v) is 8.76. The van der Waals surface area contributed by atoms with E-state index in [1.54, 1.807) is 0 Å². The van der Waals surface area contributed by atoms with E-state index >= 15 is 0 Å². The van der Waals surface area contributed by atoms with Gasteiger partial charge in [-0.05, 0) is 62.4 Å². The predicted octanol–water partition coefficient (Wildman–Crippen LogP) is 6.01. The van der Waals surface area contributed by atoms with Crippen LogP contribution in [0.2, 0.25) is 0 Å². The Morgan fingerprint density at radius 3 is 1.58 bits per heavy atom. The van der Waals surface area contributed by atoms with Crippen LogP contribution >= 0.6 is 0 Å². The van der Waals surface area contributed by atoms with Crippen LogP contribution in [-0.4, -0.2) is 17.5 Å². The molecule has 0 bridgehead atoms. The summed E-state index contributed by atoms with van der Waals surface area (Å²) < 4.78 is 0. The molecule has 0 fully saturated rings. The highest BCUT2D eigenvalue weighted by atomic mass is 32.2. The van der Waals surface area contributed by atoms with E-state index in [1.165, 1.54) is 20.2 Å². The van der Waals surface area contributed by atoms with Crippen molar-refractivity contribution in [2.45, 2.75) is 48.0 Å². The molecule has 0 radical (unpaired) electrons. The molecular weight excluding hydrogens is 334 g/mol. The van der Waals surface area contributed by atoms with Crippen LogP contribution in [0.3, 0.4) is 0 Å². The third-order valence-electron chi connectivity index (χ3n) is 4.64. The van der Waals surface area contributed by atoms with E-state index in [0.717, 1.165) is 13.1 Å². The molecule has 0 aliphatic carbocycles. The summed E-state index contributed by atoms with van der Waals surface area (Å²) in [6, 6.07) is 31.5. The molecule has 3 aromatic carbocycles. The molecule has 26 heavy (non-hydrogen) atoms. The number of benzene rings is 3. The van der Waals surface area contributed by atoms with Crippen molar-refractivity contribution in [2.24, 2.45) is 0 Å². The minimum atomic E-state index is -0.0598. The van der Waals surface area contributed by atoms with E-state index in [0.29, 0.717) is 6.04 Å². The maximum Gasteiger partial charge on any atom is 0.166 e. The van der Waals surface area contributed by atoms with Crippen molar-refractivity contribution in [3.8, 4) is 0 Å². The molecule has 0 atom stereocenters. The second-order valence-electron chi connectivity index (χ2n) is 6.73. The lowest BCUT2D eigenvalue weighted by atomic mass is 10.2. The zero-order chi connectivity index (χ0) is 18.4. The Labute approximate surface area is 161 Å². The van der Waals surface area contributed by atoms with Crippen molar-refractivity contribution < 1.29 is 0 Å². The molecule has 0 heterocycles. The van der Waals surface area contributed by atoms with Gasteiger partial charge in [-0.2, -0.15) is 0 Å². The predicted molar refractivity (Wildman–Crippen MR) is 113 cm³/mol. The number of hydrogen-bond acceptors (Lipinski definition) is 1. The topological polar surface area (TPSA) is 3.24 Å². The highest BCUT2D eigenvalue weighted by Gasteiger charge is 2.28. The first-order chi connectivity index (χ1) is 12.7. The van der Waals surface area contributed by atoms with Crippen molar-refractivity contribution in [1.29, 1.82) is 0 Å². The summed E-state index contributed by atoms with van der Waals surface area (Å²) in [5.41, 5.74) is 1.38. The molecule has 0 spiro atoms. The first-order valence-electron chi connectivity index (χ1n) is 9.36. The molecule has 0 amide bonds. The molecule has 3 rings (SSSR count). The summed E-state index contributed by atoms with van der Waals surface area (Å²) in [6.07, 6.45) is 0. The van der Waals surface area contributed by atoms with Crippen LogP contribution in [0.4, 0.5) is 0 Å².